The van der Waals surface area contributed by atoms with Crippen molar-refractivity contribution in [2.75, 3.05) is 0 Å². The molecule has 0 amide bonds. The number of benzene rings is 1. The molecule has 15 heavy (non-hydrogen) atoms. The van der Waals surface area contributed by atoms with Crippen LogP contribution in [0.2, 0.25) is 5.02 Å². The van der Waals surface area contributed by atoms with Gasteiger partial charge in [-0.25, -0.2) is 4.39 Å². The van der Waals surface area contributed by atoms with Gasteiger partial charge in [0.25, 0.3) is 0 Å². The molecule has 0 atom stereocenters. The van der Waals surface area contributed by atoms with Crippen LogP contribution in [0.3, 0.4) is 0 Å². The van der Waals surface area contributed by atoms with Gasteiger partial charge in [-0.3, -0.25) is 4.79 Å². The van der Waals surface area contributed by atoms with Gasteiger partial charge in [0.2, 0.25) is 5.78 Å². The van der Waals surface area contributed by atoms with E-state index >= 15 is 0 Å². The molecule has 0 bridgehead atoms. The lowest BCUT2D eigenvalue weighted by atomic mass is 10.1. The van der Waals surface area contributed by atoms with Crippen molar-refractivity contribution >= 4 is 17.4 Å². The zero-order valence-corrected chi connectivity index (χ0v) is 8.38. The Morgan fingerprint density at radius 3 is 2.73 bits per heavy atom. The molecule has 76 valence electrons. The minimum absolute atomic E-state index is 0.120. The van der Waals surface area contributed by atoms with E-state index in [9.17, 15) is 9.18 Å². The van der Waals surface area contributed by atoms with Crippen LogP contribution in [0.25, 0.3) is 0 Å². The predicted molar refractivity (Wildman–Crippen MR) is 55.6 cm³/mol. The van der Waals surface area contributed by atoms with Crippen molar-refractivity contribution in [3.8, 4) is 0 Å². The SMILES string of the molecule is O=C(c1ccc[nH]1)c1ccc(F)cc1Cl. The first-order chi connectivity index (χ1) is 7.18. The Bertz CT molecular complexity index is 493. The fourth-order valence-electron chi connectivity index (χ4n) is 1.29. The highest BCUT2D eigenvalue weighted by atomic mass is 35.5. The summed E-state index contributed by atoms with van der Waals surface area (Å²) in [6.07, 6.45) is 1.64. The van der Waals surface area contributed by atoms with E-state index in [4.69, 9.17) is 11.6 Å². The Labute approximate surface area is 90.7 Å². The summed E-state index contributed by atoms with van der Waals surface area (Å²) in [5, 5.41) is 0.120. The maximum atomic E-state index is 12.7. The molecule has 2 aromatic rings. The molecule has 0 fully saturated rings. The Morgan fingerprint density at radius 1 is 1.33 bits per heavy atom. The molecule has 1 N–H and O–H groups in total. The molecular formula is C11H7ClFNO. The van der Waals surface area contributed by atoms with Gasteiger partial charge in [-0.2, -0.15) is 0 Å². The number of carbonyl (C=O) groups excluding carboxylic acids is 1. The Hall–Kier alpha value is -1.61. The molecule has 0 saturated carbocycles. The molecule has 4 heteroatoms. The number of ketones is 1. The highest BCUT2D eigenvalue weighted by Crippen LogP contribution is 2.19. The first-order valence-electron chi connectivity index (χ1n) is 4.31. The monoisotopic (exact) mass is 223 g/mol. The predicted octanol–water partition coefficient (Wildman–Crippen LogP) is 3.04. The molecular weight excluding hydrogens is 217 g/mol. The summed E-state index contributed by atoms with van der Waals surface area (Å²) >= 11 is 5.77. The fraction of sp³-hybridized carbons (Fsp3) is 0. The second kappa shape index (κ2) is 3.87. The highest BCUT2D eigenvalue weighted by Gasteiger charge is 2.13. The number of aromatic nitrogens is 1. The van der Waals surface area contributed by atoms with Gasteiger partial charge < -0.3 is 4.98 Å². The summed E-state index contributed by atoms with van der Waals surface area (Å²) in [5.74, 6) is -0.701. The smallest absolute Gasteiger partial charge is 0.210 e. The molecule has 2 rings (SSSR count). The van der Waals surface area contributed by atoms with Gasteiger partial charge in [-0.05, 0) is 30.3 Å². The van der Waals surface area contributed by atoms with E-state index in [1.165, 1.54) is 12.1 Å². The maximum Gasteiger partial charge on any atom is 0.210 e. The number of carbonyl (C=O) groups is 1. The Balaban J connectivity index is 2.42. The average molecular weight is 224 g/mol. The number of rotatable bonds is 2. The second-order valence-electron chi connectivity index (χ2n) is 3.04. The quantitative estimate of drug-likeness (QED) is 0.780. The molecule has 1 aromatic carbocycles. The van der Waals surface area contributed by atoms with E-state index in [2.05, 4.69) is 4.98 Å². The number of H-pyrrole nitrogens is 1. The molecule has 1 aromatic heterocycles. The van der Waals surface area contributed by atoms with E-state index in [-0.39, 0.29) is 10.8 Å². The van der Waals surface area contributed by atoms with Crippen LogP contribution < -0.4 is 0 Å². The number of halogens is 2. The fourth-order valence-corrected chi connectivity index (χ4v) is 1.54. The van der Waals surface area contributed by atoms with Crippen molar-refractivity contribution in [1.29, 1.82) is 0 Å². The minimum atomic E-state index is -0.456. The van der Waals surface area contributed by atoms with E-state index < -0.39 is 5.82 Å². The van der Waals surface area contributed by atoms with E-state index in [0.29, 0.717) is 11.3 Å². The third-order valence-electron chi connectivity index (χ3n) is 2.02. The van der Waals surface area contributed by atoms with Crippen LogP contribution in [-0.2, 0) is 0 Å². The van der Waals surface area contributed by atoms with Crippen molar-refractivity contribution < 1.29 is 9.18 Å². The third-order valence-corrected chi connectivity index (χ3v) is 2.33. The van der Waals surface area contributed by atoms with Crippen molar-refractivity contribution in [3.63, 3.8) is 0 Å². The lowest BCUT2D eigenvalue weighted by molar-refractivity contribution is 0.103. The van der Waals surface area contributed by atoms with Crippen molar-refractivity contribution in [3.05, 3.63) is 58.6 Å². The molecule has 0 aliphatic carbocycles. The summed E-state index contributed by atoms with van der Waals surface area (Å²) in [7, 11) is 0. The van der Waals surface area contributed by atoms with Gasteiger partial charge >= 0.3 is 0 Å². The zero-order chi connectivity index (χ0) is 10.8. The topological polar surface area (TPSA) is 32.9 Å². The van der Waals surface area contributed by atoms with Gasteiger partial charge in [-0.1, -0.05) is 11.6 Å². The van der Waals surface area contributed by atoms with Gasteiger partial charge in [0.15, 0.2) is 0 Å². The zero-order valence-electron chi connectivity index (χ0n) is 7.63. The number of hydrogen-bond donors (Lipinski definition) is 1. The van der Waals surface area contributed by atoms with Gasteiger partial charge in [-0.15, -0.1) is 0 Å². The first kappa shape index (κ1) is 9.93. The van der Waals surface area contributed by atoms with E-state index in [1.54, 1.807) is 18.3 Å². The molecule has 0 aliphatic heterocycles. The first-order valence-corrected chi connectivity index (χ1v) is 4.69. The van der Waals surface area contributed by atoms with Crippen LogP contribution in [0.4, 0.5) is 4.39 Å². The highest BCUT2D eigenvalue weighted by molar-refractivity contribution is 6.34. The largest absolute Gasteiger partial charge is 0.359 e. The third kappa shape index (κ3) is 1.92. The van der Waals surface area contributed by atoms with Crippen molar-refractivity contribution in [2.45, 2.75) is 0 Å². The second-order valence-corrected chi connectivity index (χ2v) is 3.44. The lowest BCUT2D eigenvalue weighted by Crippen LogP contribution is -2.02. The molecule has 0 radical (unpaired) electrons. The number of aromatic amines is 1. The Morgan fingerprint density at radius 2 is 2.13 bits per heavy atom. The van der Waals surface area contributed by atoms with E-state index in [1.807, 2.05) is 0 Å². The molecule has 0 aliphatic rings. The van der Waals surface area contributed by atoms with Crippen LogP contribution >= 0.6 is 11.6 Å². The lowest BCUT2D eigenvalue weighted by Gasteiger charge is -2.01. The van der Waals surface area contributed by atoms with Gasteiger partial charge in [0, 0.05) is 11.8 Å². The minimum Gasteiger partial charge on any atom is -0.359 e. The summed E-state index contributed by atoms with van der Waals surface area (Å²) in [4.78, 5) is 14.6. The van der Waals surface area contributed by atoms with Crippen LogP contribution in [0, 0.1) is 5.82 Å². The number of hydrogen-bond acceptors (Lipinski definition) is 1. The van der Waals surface area contributed by atoms with Crippen molar-refractivity contribution in [1.82, 2.24) is 4.98 Å². The number of nitrogens with one attached hydrogen (secondary N) is 1. The van der Waals surface area contributed by atoms with Crippen LogP contribution in [0.15, 0.2) is 36.5 Å². The molecule has 0 unspecified atom stereocenters. The van der Waals surface area contributed by atoms with Crippen LogP contribution in [-0.4, -0.2) is 10.8 Å². The van der Waals surface area contributed by atoms with Gasteiger partial charge in [0.1, 0.15) is 5.82 Å². The molecule has 0 spiro atoms. The Kier molecular flexibility index (Phi) is 2.56. The standard InChI is InChI=1S/C11H7ClFNO/c12-9-6-7(13)3-4-8(9)11(15)10-2-1-5-14-10/h1-6,14H. The summed E-state index contributed by atoms with van der Waals surface area (Å²) in [6, 6.07) is 7.06. The maximum absolute atomic E-state index is 12.7. The normalized spacial score (nSPS) is 10.3. The summed E-state index contributed by atoms with van der Waals surface area (Å²) in [5.41, 5.74) is 0.726. The van der Waals surface area contributed by atoms with Gasteiger partial charge in [0.05, 0.1) is 10.7 Å². The summed E-state index contributed by atoms with van der Waals surface area (Å²) in [6.45, 7) is 0. The average Bonchev–Trinajstić information content (AvgIpc) is 2.69. The molecule has 1 heterocycles. The van der Waals surface area contributed by atoms with Crippen LogP contribution in [0.5, 0.6) is 0 Å². The van der Waals surface area contributed by atoms with Crippen molar-refractivity contribution in [2.24, 2.45) is 0 Å². The molecule has 0 saturated heterocycles. The summed E-state index contributed by atoms with van der Waals surface area (Å²) < 4.78 is 12.7. The molecule has 2 nitrogen and oxygen atoms in total. The van der Waals surface area contributed by atoms with E-state index in [0.717, 1.165) is 6.07 Å². The van der Waals surface area contributed by atoms with Crippen LogP contribution in [0.1, 0.15) is 16.1 Å².